The monoisotopic (exact) mass is 293 g/mol. The van der Waals surface area contributed by atoms with Gasteiger partial charge >= 0.3 is 0 Å². The molecule has 2 heteroatoms. The molecule has 114 valence electrons. The van der Waals surface area contributed by atoms with Crippen LogP contribution in [0.25, 0.3) is 16.8 Å². The van der Waals surface area contributed by atoms with Gasteiger partial charge < -0.3 is 4.90 Å². The van der Waals surface area contributed by atoms with Crippen LogP contribution in [0.4, 0.5) is 0 Å². The number of carbonyl (C=O) groups excluding carboxylic acids is 1. The second kappa shape index (κ2) is 6.45. The zero-order valence-corrected chi connectivity index (χ0v) is 13.4. The Balaban J connectivity index is 1.87. The Morgan fingerprint density at radius 3 is 2.68 bits per heavy atom. The zero-order chi connectivity index (χ0) is 15.5. The van der Waals surface area contributed by atoms with Crippen molar-refractivity contribution in [2.24, 2.45) is 5.92 Å². The predicted octanol–water partition coefficient (Wildman–Crippen LogP) is 4.15. The lowest BCUT2D eigenvalue weighted by Gasteiger charge is -2.25. The van der Waals surface area contributed by atoms with Gasteiger partial charge in [-0.2, -0.15) is 0 Å². The van der Waals surface area contributed by atoms with E-state index >= 15 is 0 Å². The van der Waals surface area contributed by atoms with E-state index in [-0.39, 0.29) is 5.92 Å². The summed E-state index contributed by atoms with van der Waals surface area (Å²) in [6.07, 6.45) is 5.14. The summed E-state index contributed by atoms with van der Waals surface area (Å²) in [7, 11) is 4.07. The average molecular weight is 293 g/mol. The normalized spacial score (nSPS) is 21.0. The maximum Gasteiger partial charge on any atom is 0.163 e. The molecule has 2 nitrogen and oxygen atoms in total. The fourth-order valence-electron chi connectivity index (χ4n) is 3.31. The van der Waals surface area contributed by atoms with E-state index in [1.54, 1.807) is 0 Å². The van der Waals surface area contributed by atoms with Crippen LogP contribution >= 0.6 is 0 Å². The fourth-order valence-corrected chi connectivity index (χ4v) is 3.31. The van der Waals surface area contributed by atoms with Crippen molar-refractivity contribution in [3.05, 3.63) is 53.6 Å². The van der Waals surface area contributed by atoms with Crippen LogP contribution in [0.5, 0.6) is 0 Å². The largest absolute Gasteiger partial charge is 0.309 e. The van der Waals surface area contributed by atoms with Gasteiger partial charge in [0.2, 0.25) is 0 Å². The topological polar surface area (TPSA) is 20.3 Å². The van der Waals surface area contributed by atoms with Crippen LogP contribution in [-0.4, -0.2) is 31.3 Å². The van der Waals surface area contributed by atoms with Gasteiger partial charge in [-0.3, -0.25) is 4.79 Å². The molecule has 0 heterocycles. The van der Waals surface area contributed by atoms with Gasteiger partial charge in [-0.05, 0) is 67.4 Å². The summed E-state index contributed by atoms with van der Waals surface area (Å²) in [6, 6.07) is 14.8. The van der Waals surface area contributed by atoms with Crippen molar-refractivity contribution in [3.8, 4) is 0 Å². The molecule has 1 atom stereocenters. The summed E-state index contributed by atoms with van der Waals surface area (Å²) in [5.41, 5.74) is 2.13. The molecule has 1 fully saturated rings. The Morgan fingerprint density at radius 2 is 1.91 bits per heavy atom. The number of fused-ring (bicyclic) bond motifs is 1. The van der Waals surface area contributed by atoms with E-state index in [4.69, 9.17) is 0 Å². The highest BCUT2D eigenvalue weighted by molar-refractivity contribution is 6.02. The lowest BCUT2D eigenvalue weighted by Crippen LogP contribution is -2.31. The molecule has 22 heavy (non-hydrogen) atoms. The maximum atomic E-state index is 12.6. The third-order valence-corrected chi connectivity index (χ3v) is 4.39. The van der Waals surface area contributed by atoms with Crippen molar-refractivity contribution in [3.63, 3.8) is 0 Å². The molecule has 0 spiro atoms. The van der Waals surface area contributed by atoms with E-state index in [1.165, 1.54) is 10.8 Å². The summed E-state index contributed by atoms with van der Waals surface area (Å²) in [5, 5.41) is 2.47. The summed E-state index contributed by atoms with van der Waals surface area (Å²) in [5.74, 6) is 0.503. The number of ketones is 1. The number of allylic oxidation sites excluding steroid dienone is 1. The Kier molecular flexibility index (Phi) is 4.39. The van der Waals surface area contributed by atoms with Gasteiger partial charge in [0, 0.05) is 12.5 Å². The quantitative estimate of drug-likeness (QED) is 0.792. The molecule has 1 unspecified atom stereocenters. The molecule has 0 amide bonds. The lowest BCUT2D eigenvalue weighted by atomic mass is 9.83. The van der Waals surface area contributed by atoms with Crippen molar-refractivity contribution in [1.82, 2.24) is 4.90 Å². The minimum absolute atomic E-state index is 0.162. The number of hydrogen-bond acceptors (Lipinski definition) is 2. The van der Waals surface area contributed by atoms with E-state index in [1.807, 2.05) is 14.1 Å². The summed E-state index contributed by atoms with van der Waals surface area (Å²) in [6.45, 7) is 0.855. The van der Waals surface area contributed by atoms with Crippen molar-refractivity contribution in [2.45, 2.75) is 19.3 Å². The number of Topliss-reactive ketones (excluding diaryl/α,β-unsaturated/α-hetero) is 1. The number of hydrogen-bond donors (Lipinski definition) is 0. The molecule has 0 saturated heterocycles. The van der Waals surface area contributed by atoms with Crippen molar-refractivity contribution >= 4 is 22.6 Å². The van der Waals surface area contributed by atoms with Crippen molar-refractivity contribution in [2.75, 3.05) is 20.6 Å². The molecular formula is C20H23NO. The predicted molar refractivity (Wildman–Crippen MR) is 92.8 cm³/mol. The first kappa shape index (κ1) is 15.0. The summed E-state index contributed by atoms with van der Waals surface area (Å²) < 4.78 is 0. The summed E-state index contributed by atoms with van der Waals surface area (Å²) in [4.78, 5) is 14.7. The Bertz CT molecular complexity index is 714. The molecule has 0 radical (unpaired) electrons. The van der Waals surface area contributed by atoms with Crippen LogP contribution in [0.1, 0.15) is 24.8 Å². The zero-order valence-electron chi connectivity index (χ0n) is 13.4. The van der Waals surface area contributed by atoms with Gasteiger partial charge in [-0.1, -0.05) is 36.4 Å². The molecule has 1 aliphatic rings. The molecule has 3 rings (SSSR count). The van der Waals surface area contributed by atoms with Crippen LogP contribution in [0.15, 0.2) is 48.0 Å². The van der Waals surface area contributed by atoms with E-state index in [0.29, 0.717) is 5.78 Å². The highest BCUT2D eigenvalue weighted by Gasteiger charge is 2.26. The summed E-state index contributed by atoms with van der Waals surface area (Å²) >= 11 is 0. The average Bonchev–Trinajstić information content (AvgIpc) is 2.51. The number of benzene rings is 2. The second-order valence-electron chi connectivity index (χ2n) is 6.49. The number of nitrogens with zero attached hydrogens (tertiary/aromatic N) is 1. The van der Waals surface area contributed by atoms with Crippen LogP contribution in [-0.2, 0) is 4.79 Å². The fraction of sp³-hybridized carbons (Fsp3) is 0.350. The van der Waals surface area contributed by atoms with Crippen LogP contribution < -0.4 is 0 Å². The van der Waals surface area contributed by atoms with Crippen LogP contribution in [0.3, 0.4) is 0 Å². The number of rotatable bonds is 3. The molecular weight excluding hydrogens is 270 g/mol. The van der Waals surface area contributed by atoms with Gasteiger partial charge in [0.15, 0.2) is 5.78 Å². The van der Waals surface area contributed by atoms with E-state index < -0.39 is 0 Å². The molecule has 1 aliphatic carbocycles. The molecule has 2 aromatic carbocycles. The first-order valence-corrected chi connectivity index (χ1v) is 8.02. The van der Waals surface area contributed by atoms with E-state index in [2.05, 4.69) is 53.4 Å². The van der Waals surface area contributed by atoms with Gasteiger partial charge in [0.1, 0.15) is 0 Å². The highest BCUT2D eigenvalue weighted by atomic mass is 16.1. The first-order valence-electron chi connectivity index (χ1n) is 8.02. The molecule has 0 bridgehead atoms. The highest BCUT2D eigenvalue weighted by Crippen LogP contribution is 2.28. The van der Waals surface area contributed by atoms with Crippen molar-refractivity contribution in [1.29, 1.82) is 0 Å². The second-order valence-corrected chi connectivity index (χ2v) is 6.49. The lowest BCUT2D eigenvalue weighted by molar-refractivity contribution is -0.120. The van der Waals surface area contributed by atoms with E-state index in [9.17, 15) is 4.79 Å². The minimum atomic E-state index is 0.162. The van der Waals surface area contributed by atoms with Gasteiger partial charge in [0.25, 0.3) is 0 Å². The molecule has 0 N–H and O–H groups in total. The SMILES string of the molecule is CN(C)CC1CCC/C(=C\c2ccc3ccccc3c2)C1=O. The van der Waals surface area contributed by atoms with Crippen LogP contribution in [0.2, 0.25) is 0 Å². The standard InChI is InChI=1S/C20H23NO/c1-21(2)14-19-9-5-8-18(20(19)22)13-15-10-11-16-6-3-4-7-17(16)12-15/h3-4,6-7,10-13,19H,5,8-9,14H2,1-2H3/b18-13+. The minimum Gasteiger partial charge on any atom is -0.309 e. The molecule has 1 saturated carbocycles. The molecule has 0 aliphatic heterocycles. The third-order valence-electron chi connectivity index (χ3n) is 4.39. The first-order chi connectivity index (χ1) is 10.6. The Morgan fingerprint density at radius 1 is 1.14 bits per heavy atom. The van der Waals surface area contributed by atoms with Gasteiger partial charge in [-0.15, -0.1) is 0 Å². The van der Waals surface area contributed by atoms with Crippen LogP contribution in [0, 0.1) is 5.92 Å². The molecule has 0 aromatic heterocycles. The van der Waals surface area contributed by atoms with Crippen molar-refractivity contribution < 1.29 is 4.79 Å². The Hall–Kier alpha value is -1.93. The molecule has 2 aromatic rings. The third kappa shape index (κ3) is 3.28. The Labute approximate surface area is 132 Å². The van der Waals surface area contributed by atoms with E-state index in [0.717, 1.165) is 36.9 Å². The maximum absolute atomic E-state index is 12.6. The smallest absolute Gasteiger partial charge is 0.163 e. The number of carbonyl (C=O) groups is 1. The van der Waals surface area contributed by atoms with Gasteiger partial charge in [0.05, 0.1) is 0 Å². The van der Waals surface area contributed by atoms with Gasteiger partial charge in [-0.25, -0.2) is 0 Å².